The lowest BCUT2D eigenvalue weighted by Gasteiger charge is -2.56. The second-order valence-corrected chi connectivity index (χ2v) is 9.51. The van der Waals surface area contributed by atoms with Crippen LogP contribution >= 0.6 is 11.3 Å². The summed E-state index contributed by atoms with van der Waals surface area (Å²) in [6, 6.07) is 8.71. The lowest BCUT2D eigenvalue weighted by atomic mass is 9.72. The van der Waals surface area contributed by atoms with Crippen LogP contribution < -0.4 is 5.32 Å². The predicted octanol–water partition coefficient (Wildman–Crippen LogP) is 4.63. The molecule has 1 N–H and O–H groups in total. The third-order valence-electron chi connectivity index (χ3n) is 6.29. The van der Waals surface area contributed by atoms with Crippen LogP contribution in [0.1, 0.15) is 61.7 Å². The maximum atomic E-state index is 13.0. The Morgan fingerprint density at radius 2 is 2.00 bits per heavy atom. The van der Waals surface area contributed by atoms with Gasteiger partial charge in [-0.15, -0.1) is 11.3 Å². The lowest BCUT2D eigenvalue weighted by Crippen LogP contribution is -2.69. The van der Waals surface area contributed by atoms with E-state index >= 15 is 0 Å². The van der Waals surface area contributed by atoms with E-state index in [1.165, 1.54) is 41.6 Å². The van der Waals surface area contributed by atoms with Crippen LogP contribution in [0.3, 0.4) is 0 Å². The highest BCUT2D eigenvalue weighted by Crippen LogP contribution is 2.39. The smallest absolute Gasteiger partial charge is 0.261 e. The van der Waals surface area contributed by atoms with E-state index in [-0.39, 0.29) is 17.5 Å². The molecule has 3 fully saturated rings. The molecule has 3 aliphatic heterocycles. The highest BCUT2D eigenvalue weighted by molar-refractivity contribution is 7.21. The van der Waals surface area contributed by atoms with Crippen LogP contribution in [-0.4, -0.2) is 35.5 Å². The zero-order valence-corrected chi connectivity index (χ0v) is 16.5. The number of rotatable bonds is 3. The Kier molecular flexibility index (Phi) is 4.16. The minimum Gasteiger partial charge on any atom is -0.346 e. The molecule has 1 amide bonds. The molecule has 25 heavy (non-hydrogen) atoms. The molecule has 2 bridgehead atoms. The number of hydrogen-bond donors (Lipinski definition) is 1. The topological polar surface area (TPSA) is 32.3 Å². The first-order valence-corrected chi connectivity index (χ1v) is 10.3. The number of piperidine rings is 3. The fraction of sp³-hybridized carbons (Fsp3) is 0.571. The highest BCUT2D eigenvalue weighted by atomic mass is 32.1. The number of fused-ring (bicyclic) bond motifs is 4. The average Bonchev–Trinajstić information content (AvgIpc) is 3.02. The van der Waals surface area contributed by atoms with E-state index in [0.29, 0.717) is 11.8 Å². The predicted molar refractivity (Wildman–Crippen MR) is 106 cm³/mol. The Hall–Kier alpha value is -1.39. The molecule has 1 aromatic heterocycles. The second kappa shape index (κ2) is 6.10. The van der Waals surface area contributed by atoms with Gasteiger partial charge in [0.25, 0.3) is 5.91 Å². The third-order valence-corrected chi connectivity index (χ3v) is 7.49. The van der Waals surface area contributed by atoms with E-state index in [9.17, 15) is 4.79 Å². The van der Waals surface area contributed by atoms with Crippen molar-refractivity contribution in [3.8, 4) is 0 Å². The molecule has 3 nitrogen and oxygen atoms in total. The molecule has 4 heteroatoms. The van der Waals surface area contributed by atoms with Gasteiger partial charge in [0.1, 0.15) is 0 Å². The zero-order chi connectivity index (χ0) is 17.8. The summed E-state index contributed by atoms with van der Waals surface area (Å²) in [5.74, 6) is 1.19. The molecule has 1 aromatic carbocycles. The van der Waals surface area contributed by atoms with Gasteiger partial charge in [0.2, 0.25) is 0 Å². The van der Waals surface area contributed by atoms with Gasteiger partial charge in [0, 0.05) is 16.3 Å². The molecule has 0 radical (unpaired) electrons. The van der Waals surface area contributed by atoms with Gasteiger partial charge in [-0.25, -0.2) is 0 Å². The Balaban J connectivity index is 1.61. The molecular formula is C21H28N2OS. The quantitative estimate of drug-likeness (QED) is 0.870. The molecule has 4 heterocycles. The minimum absolute atomic E-state index is 0.0522. The normalized spacial score (nSPS) is 27.8. The zero-order valence-electron chi connectivity index (χ0n) is 15.6. The standard InChI is InChI=1S/C21H28N2OS/c1-13(2)16-7-5-6-15-12-17(25-18(15)16)20(24)22-19-14-8-10-23(11-9-14)21(19,3)4/h5-7,12-14,19H,8-11H2,1-4H3,(H,22,24)/t19-/m0/s1. The molecule has 2 aromatic rings. The van der Waals surface area contributed by atoms with Crippen molar-refractivity contribution < 1.29 is 4.79 Å². The van der Waals surface area contributed by atoms with Gasteiger partial charge < -0.3 is 5.32 Å². The van der Waals surface area contributed by atoms with Gasteiger partial charge in [0.05, 0.1) is 4.88 Å². The van der Waals surface area contributed by atoms with E-state index in [1.807, 2.05) is 0 Å². The van der Waals surface area contributed by atoms with Crippen molar-refractivity contribution in [3.05, 3.63) is 34.7 Å². The van der Waals surface area contributed by atoms with Crippen LogP contribution in [0.25, 0.3) is 10.1 Å². The molecule has 134 valence electrons. The molecule has 3 saturated heterocycles. The van der Waals surface area contributed by atoms with Crippen LogP contribution in [-0.2, 0) is 0 Å². The first kappa shape index (κ1) is 17.0. The van der Waals surface area contributed by atoms with Crippen LogP contribution in [0.15, 0.2) is 24.3 Å². The molecule has 0 aliphatic carbocycles. The molecule has 0 saturated carbocycles. The van der Waals surface area contributed by atoms with E-state index in [4.69, 9.17) is 0 Å². The first-order valence-electron chi connectivity index (χ1n) is 9.46. The summed E-state index contributed by atoms with van der Waals surface area (Å²) in [5, 5.41) is 4.59. The molecule has 3 aliphatic rings. The van der Waals surface area contributed by atoms with Crippen molar-refractivity contribution in [2.24, 2.45) is 5.92 Å². The SMILES string of the molecule is CC(C)c1cccc2cc(C(=O)N[C@H]3C4CCN(CC4)C3(C)C)sc12. The Bertz CT molecular complexity index is 799. The number of thiophene rings is 1. The molecule has 0 unspecified atom stereocenters. The fourth-order valence-electron chi connectivity index (χ4n) is 4.74. The van der Waals surface area contributed by atoms with E-state index in [2.05, 4.69) is 62.2 Å². The summed E-state index contributed by atoms with van der Waals surface area (Å²) in [5.41, 5.74) is 1.39. The Morgan fingerprint density at radius 1 is 1.28 bits per heavy atom. The van der Waals surface area contributed by atoms with Crippen molar-refractivity contribution in [1.29, 1.82) is 0 Å². The Labute approximate surface area is 154 Å². The second-order valence-electron chi connectivity index (χ2n) is 8.46. The van der Waals surface area contributed by atoms with Gasteiger partial charge in [-0.2, -0.15) is 0 Å². The Morgan fingerprint density at radius 3 is 2.64 bits per heavy atom. The average molecular weight is 357 g/mol. The van der Waals surface area contributed by atoms with Gasteiger partial charge in [0.15, 0.2) is 0 Å². The monoisotopic (exact) mass is 356 g/mol. The number of benzene rings is 1. The van der Waals surface area contributed by atoms with Crippen LogP contribution in [0, 0.1) is 5.92 Å². The summed E-state index contributed by atoms with van der Waals surface area (Å²) in [6.07, 6.45) is 2.41. The number of nitrogens with zero attached hydrogens (tertiary/aromatic N) is 1. The largest absolute Gasteiger partial charge is 0.346 e. The van der Waals surface area contributed by atoms with E-state index in [0.717, 1.165) is 4.88 Å². The maximum absolute atomic E-state index is 13.0. The van der Waals surface area contributed by atoms with Crippen LogP contribution in [0.2, 0.25) is 0 Å². The van der Waals surface area contributed by atoms with Crippen LogP contribution in [0.4, 0.5) is 0 Å². The summed E-state index contributed by atoms with van der Waals surface area (Å²) in [4.78, 5) is 16.4. The summed E-state index contributed by atoms with van der Waals surface area (Å²) >= 11 is 1.64. The number of carbonyl (C=O) groups excluding carboxylic acids is 1. The van der Waals surface area contributed by atoms with Crippen molar-refractivity contribution in [1.82, 2.24) is 10.2 Å². The van der Waals surface area contributed by atoms with Crippen molar-refractivity contribution in [3.63, 3.8) is 0 Å². The van der Waals surface area contributed by atoms with Gasteiger partial charge in [-0.1, -0.05) is 32.0 Å². The molecular weight excluding hydrogens is 328 g/mol. The van der Waals surface area contributed by atoms with Gasteiger partial charge in [-0.05, 0) is 68.6 Å². The van der Waals surface area contributed by atoms with Crippen molar-refractivity contribution in [2.75, 3.05) is 13.1 Å². The van der Waals surface area contributed by atoms with Gasteiger partial charge >= 0.3 is 0 Å². The number of amides is 1. The minimum atomic E-state index is 0.0522. The summed E-state index contributed by atoms with van der Waals surface area (Å²) < 4.78 is 1.26. The number of hydrogen-bond acceptors (Lipinski definition) is 3. The van der Waals surface area contributed by atoms with E-state index < -0.39 is 0 Å². The molecule has 5 rings (SSSR count). The van der Waals surface area contributed by atoms with Crippen LogP contribution in [0.5, 0.6) is 0 Å². The first-order chi connectivity index (χ1) is 11.9. The summed E-state index contributed by atoms with van der Waals surface area (Å²) in [7, 11) is 0. The molecule has 1 atom stereocenters. The lowest BCUT2D eigenvalue weighted by molar-refractivity contribution is -0.0377. The third kappa shape index (κ3) is 2.80. The van der Waals surface area contributed by atoms with E-state index in [1.54, 1.807) is 11.3 Å². The number of nitrogens with one attached hydrogen (secondary N) is 1. The maximum Gasteiger partial charge on any atom is 0.261 e. The van der Waals surface area contributed by atoms with Crippen molar-refractivity contribution in [2.45, 2.75) is 58.0 Å². The van der Waals surface area contributed by atoms with Crippen molar-refractivity contribution >= 4 is 27.3 Å². The van der Waals surface area contributed by atoms with Gasteiger partial charge in [-0.3, -0.25) is 9.69 Å². The molecule has 0 spiro atoms. The fourth-order valence-corrected chi connectivity index (χ4v) is 5.97. The highest BCUT2D eigenvalue weighted by Gasteiger charge is 2.48. The number of carbonyl (C=O) groups is 1. The summed E-state index contributed by atoms with van der Waals surface area (Å²) in [6.45, 7) is 11.3.